The van der Waals surface area contributed by atoms with E-state index in [4.69, 9.17) is 11.6 Å². The lowest BCUT2D eigenvalue weighted by molar-refractivity contribution is 0.219. The molecule has 0 saturated heterocycles. The number of hydrogen-bond donors (Lipinski definition) is 1. The van der Waals surface area contributed by atoms with Crippen LogP contribution in [0.2, 0.25) is 5.02 Å². The number of halogens is 1. The quantitative estimate of drug-likeness (QED) is 0.845. The summed E-state index contributed by atoms with van der Waals surface area (Å²) in [5.74, 6) is 0. The molecule has 0 radical (unpaired) electrons. The van der Waals surface area contributed by atoms with E-state index in [1.807, 2.05) is 58.0 Å². The molecule has 0 spiro atoms. The van der Waals surface area contributed by atoms with E-state index in [1.165, 1.54) is 5.56 Å². The minimum absolute atomic E-state index is 0.622. The molecule has 1 N–H and O–H groups in total. The highest BCUT2D eigenvalue weighted by Crippen LogP contribution is 2.32. The fraction of sp³-hybridized carbons (Fsp3) is 0.294. The molecule has 100 valence electrons. The van der Waals surface area contributed by atoms with E-state index >= 15 is 0 Å². The minimum atomic E-state index is -0.674. The maximum Gasteiger partial charge on any atom is 0.106 e. The first-order chi connectivity index (χ1) is 8.91. The van der Waals surface area contributed by atoms with Crippen molar-refractivity contribution in [3.63, 3.8) is 0 Å². The summed E-state index contributed by atoms with van der Waals surface area (Å²) in [4.78, 5) is 0. The van der Waals surface area contributed by atoms with Crippen LogP contribution >= 0.6 is 11.6 Å². The second-order valence-corrected chi connectivity index (χ2v) is 5.56. The smallest absolute Gasteiger partial charge is 0.106 e. The molecule has 0 aliphatic heterocycles. The van der Waals surface area contributed by atoms with Gasteiger partial charge >= 0.3 is 0 Å². The van der Waals surface area contributed by atoms with Crippen molar-refractivity contribution in [1.29, 1.82) is 0 Å². The summed E-state index contributed by atoms with van der Waals surface area (Å²) in [5, 5.41) is 11.2. The van der Waals surface area contributed by atoms with Gasteiger partial charge in [-0.25, -0.2) is 0 Å². The highest BCUT2D eigenvalue weighted by Gasteiger charge is 2.17. The lowest BCUT2D eigenvalue weighted by atomic mass is 9.93. The first kappa shape index (κ1) is 14.1. The molecule has 0 aliphatic carbocycles. The summed E-state index contributed by atoms with van der Waals surface area (Å²) in [5.41, 5.74) is 6.27. The summed E-state index contributed by atoms with van der Waals surface area (Å²) >= 11 is 6.28. The molecule has 2 aromatic carbocycles. The highest BCUT2D eigenvalue weighted by atomic mass is 35.5. The van der Waals surface area contributed by atoms with E-state index in [1.54, 1.807) is 0 Å². The number of hydrogen-bond acceptors (Lipinski definition) is 1. The second kappa shape index (κ2) is 5.36. The third-order valence-electron chi connectivity index (χ3n) is 3.85. The molecular formula is C17H19ClO. The van der Waals surface area contributed by atoms with E-state index < -0.39 is 6.10 Å². The van der Waals surface area contributed by atoms with Crippen LogP contribution in [0.1, 0.15) is 39.5 Å². The number of rotatable bonds is 2. The van der Waals surface area contributed by atoms with Crippen LogP contribution in [0, 0.1) is 27.7 Å². The van der Waals surface area contributed by atoms with Crippen LogP contribution < -0.4 is 0 Å². The van der Waals surface area contributed by atoms with E-state index in [2.05, 4.69) is 0 Å². The van der Waals surface area contributed by atoms with Gasteiger partial charge in [-0.3, -0.25) is 0 Å². The van der Waals surface area contributed by atoms with Crippen molar-refractivity contribution < 1.29 is 5.11 Å². The van der Waals surface area contributed by atoms with Gasteiger partial charge in [0.2, 0.25) is 0 Å². The fourth-order valence-corrected chi connectivity index (χ4v) is 2.57. The molecule has 1 unspecified atom stereocenters. The van der Waals surface area contributed by atoms with Crippen molar-refractivity contribution in [2.24, 2.45) is 0 Å². The Balaban J connectivity index is 2.53. The van der Waals surface area contributed by atoms with Crippen molar-refractivity contribution in [2.45, 2.75) is 33.8 Å². The SMILES string of the molecule is Cc1cc(Cl)c(C(O)c2cccc(C)c2C)cc1C. The van der Waals surface area contributed by atoms with E-state index in [0.717, 1.165) is 27.8 Å². The average Bonchev–Trinajstić information content (AvgIpc) is 2.36. The van der Waals surface area contributed by atoms with Gasteiger partial charge in [-0.15, -0.1) is 0 Å². The van der Waals surface area contributed by atoms with Crippen LogP contribution in [-0.2, 0) is 0 Å². The van der Waals surface area contributed by atoms with E-state index in [-0.39, 0.29) is 0 Å². The van der Waals surface area contributed by atoms with Gasteiger partial charge in [0.25, 0.3) is 0 Å². The largest absolute Gasteiger partial charge is 0.384 e. The maximum absolute atomic E-state index is 10.6. The Morgan fingerprint density at radius 2 is 1.53 bits per heavy atom. The molecule has 2 aromatic rings. The van der Waals surface area contributed by atoms with Crippen molar-refractivity contribution in [1.82, 2.24) is 0 Å². The minimum Gasteiger partial charge on any atom is -0.384 e. The van der Waals surface area contributed by atoms with Gasteiger partial charge in [0.15, 0.2) is 0 Å². The number of aliphatic hydroxyl groups is 1. The van der Waals surface area contributed by atoms with E-state index in [9.17, 15) is 5.11 Å². The second-order valence-electron chi connectivity index (χ2n) is 5.15. The van der Waals surface area contributed by atoms with Gasteiger partial charge in [-0.2, -0.15) is 0 Å². The molecular weight excluding hydrogens is 256 g/mol. The first-order valence-corrected chi connectivity index (χ1v) is 6.80. The molecule has 0 fully saturated rings. The average molecular weight is 275 g/mol. The Morgan fingerprint density at radius 1 is 0.895 bits per heavy atom. The summed E-state index contributed by atoms with van der Waals surface area (Å²) in [6.45, 7) is 8.14. The Bertz CT molecular complexity index is 617. The zero-order chi connectivity index (χ0) is 14.2. The molecule has 1 atom stereocenters. The maximum atomic E-state index is 10.6. The predicted octanol–water partition coefficient (Wildman–Crippen LogP) is 4.66. The Kier molecular flexibility index (Phi) is 3.98. The lowest BCUT2D eigenvalue weighted by Gasteiger charge is -2.18. The summed E-state index contributed by atoms with van der Waals surface area (Å²) in [6, 6.07) is 9.87. The van der Waals surface area contributed by atoms with Gasteiger partial charge in [0, 0.05) is 10.6 Å². The Labute approximate surface area is 119 Å². The Hall–Kier alpha value is -1.31. The zero-order valence-corrected chi connectivity index (χ0v) is 12.5. The topological polar surface area (TPSA) is 20.2 Å². The Morgan fingerprint density at radius 3 is 2.21 bits per heavy atom. The van der Waals surface area contributed by atoms with Gasteiger partial charge in [-0.1, -0.05) is 35.9 Å². The van der Waals surface area contributed by atoms with Crippen LogP contribution in [-0.4, -0.2) is 5.11 Å². The molecule has 0 bridgehead atoms. The normalized spacial score (nSPS) is 12.5. The van der Waals surface area contributed by atoms with Crippen molar-refractivity contribution in [2.75, 3.05) is 0 Å². The summed E-state index contributed by atoms with van der Waals surface area (Å²) in [7, 11) is 0. The van der Waals surface area contributed by atoms with Gasteiger partial charge in [0.05, 0.1) is 0 Å². The van der Waals surface area contributed by atoms with Gasteiger partial charge in [0.1, 0.15) is 6.10 Å². The predicted molar refractivity (Wildman–Crippen MR) is 80.9 cm³/mol. The number of aliphatic hydroxyl groups excluding tert-OH is 1. The molecule has 0 heterocycles. The lowest BCUT2D eigenvalue weighted by Crippen LogP contribution is -2.04. The number of benzene rings is 2. The van der Waals surface area contributed by atoms with Gasteiger partial charge in [-0.05, 0) is 61.6 Å². The molecule has 0 aromatic heterocycles. The third kappa shape index (κ3) is 2.68. The molecule has 0 amide bonds. The summed E-state index contributed by atoms with van der Waals surface area (Å²) in [6.07, 6.45) is -0.674. The van der Waals surface area contributed by atoms with Crippen molar-refractivity contribution in [3.05, 3.63) is 68.7 Å². The van der Waals surface area contributed by atoms with Crippen molar-refractivity contribution >= 4 is 11.6 Å². The van der Waals surface area contributed by atoms with Crippen LogP contribution in [0.3, 0.4) is 0 Å². The molecule has 0 aliphatic rings. The standard InChI is InChI=1S/C17H19ClO/c1-10-6-5-7-14(13(10)4)17(19)15-8-11(2)12(3)9-16(15)18/h5-9,17,19H,1-4H3. The van der Waals surface area contributed by atoms with Crippen molar-refractivity contribution in [3.8, 4) is 0 Å². The monoisotopic (exact) mass is 274 g/mol. The van der Waals surface area contributed by atoms with Crippen LogP contribution in [0.4, 0.5) is 0 Å². The molecule has 2 heteroatoms. The van der Waals surface area contributed by atoms with Gasteiger partial charge < -0.3 is 5.11 Å². The van der Waals surface area contributed by atoms with Crippen LogP contribution in [0.25, 0.3) is 0 Å². The zero-order valence-electron chi connectivity index (χ0n) is 11.8. The van der Waals surface area contributed by atoms with Crippen LogP contribution in [0.15, 0.2) is 30.3 Å². The molecule has 2 rings (SSSR count). The first-order valence-electron chi connectivity index (χ1n) is 6.42. The third-order valence-corrected chi connectivity index (χ3v) is 4.18. The molecule has 1 nitrogen and oxygen atoms in total. The summed E-state index contributed by atoms with van der Waals surface area (Å²) < 4.78 is 0. The molecule has 0 saturated carbocycles. The fourth-order valence-electron chi connectivity index (χ4n) is 2.25. The van der Waals surface area contributed by atoms with E-state index in [0.29, 0.717) is 5.02 Å². The van der Waals surface area contributed by atoms with Crippen LogP contribution in [0.5, 0.6) is 0 Å². The molecule has 19 heavy (non-hydrogen) atoms. The highest BCUT2D eigenvalue weighted by molar-refractivity contribution is 6.31. The number of aryl methyl sites for hydroxylation is 3.